The monoisotopic (exact) mass is 410 g/mol. The van der Waals surface area contributed by atoms with Crippen LogP contribution in [0.1, 0.15) is 30.1 Å². The topological polar surface area (TPSA) is 76.2 Å². The molecule has 7 heteroatoms. The molecule has 1 fully saturated rings. The Balaban J connectivity index is 1.51. The maximum Gasteiger partial charge on any atom is 0.308 e. The van der Waals surface area contributed by atoms with Crippen molar-refractivity contribution >= 4 is 17.8 Å². The third kappa shape index (κ3) is 6.07. The summed E-state index contributed by atoms with van der Waals surface area (Å²) in [5, 5.41) is 0. The summed E-state index contributed by atoms with van der Waals surface area (Å²) in [5.74, 6) is 0.551. The number of nitrogens with zero attached hydrogens (tertiary/aromatic N) is 2. The van der Waals surface area contributed by atoms with Gasteiger partial charge in [0.25, 0.3) is 5.91 Å². The fourth-order valence-corrected chi connectivity index (χ4v) is 3.34. The van der Waals surface area contributed by atoms with Crippen LogP contribution in [0.4, 0.5) is 0 Å². The van der Waals surface area contributed by atoms with Gasteiger partial charge in [0.05, 0.1) is 13.0 Å². The van der Waals surface area contributed by atoms with Crippen LogP contribution < -0.4 is 9.47 Å². The third-order valence-electron chi connectivity index (χ3n) is 4.81. The van der Waals surface area contributed by atoms with Gasteiger partial charge in [-0.2, -0.15) is 0 Å². The maximum absolute atomic E-state index is 12.9. The van der Waals surface area contributed by atoms with Crippen LogP contribution in [0.15, 0.2) is 54.6 Å². The zero-order chi connectivity index (χ0) is 21.3. The minimum absolute atomic E-state index is 0.0251. The van der Waals surface area contributed by atoms with Crippen molar-refractivity contribution < 1.29 is 23.9 Å². The first kappa shape index (κ1) is 21.4. The summed E-state index contributed by atoms with van der Waals surface area (Å²) in [7, 11) is 0. The fraction of sp³-hybridized carbons (Fsp3) is 0.348. The van der Waals surface area contributed by atoms with Crippen molar-refractivity contribution in [3.05, 3.63) is 60.2 Å². The molecular formula is C23H26N2O5. The molecule has 1 saturated heterocycles. The zero-order valence-corrected chi connectivity index (χ0v) is 17.1. The molecule has 0 bridgehead atoms. The molecule has 1 heterocycles. The maximum atomic E-state index is 12.9. The molecule has 0 aliphatic carbocycles. The van der Waals surface area contributed by atoms with Crippen LogP contribution in [0.3, 0.4) is 0 Å². The van der Waals surface area contributed by atoms with Gasteiger partial charge in [0.2, 0.25) is 5.91 Å². The molecule has 0 aromatic heterocycles. The van der Waals surface area contributed by atoms with Crippen molar-refractivity contribution in [3.63, 3.8) is 0 Å². The highest BCUT2D eigenvalue weighted by Gasteiger charge is 2.23. The van der Waals surface area contributed by atoms with E-state index < -0.39 is 5.97 Å². The van der Waals surface area contributed by atoms with Crippen LogP contribution in [0.2, 0.25) is 0 Å². The first-order valence-corrected chi connectivity index (χ1v) is 10.1. The molecule has 0 saturated carbocycles. The van der Waals surface area contributed by atoms with E-state index in [1.54, 1.807) is 34.1 Å². The van der Waals surface area contributed by atoms with Crippen molar-refractivity contribution in [1.29, 1.82) is 0 Å². The summed E-state index contributed by atoms with van der Waals surface area (Å²) >= 11 is 0. The molecule has 2 aromatic rings. The number of amides is 2. The molecule has 0 spiro atoms. The van der Waals surface area contributed by atoms with Crippen LogP contribution in [0.25, 0.3) is 0 Å². The SMILES string of the molecule is CC(=O)Oc1cccc(C(=O)N2CCCN(C(=O)CCOc3ccccc3)CC2)c1. The van der Waals surface area contributed by atoms with Gasteiger partial charge < -0.3 is 19.3 Å². The molecule has 7 nitrogen and oxygen atoms in total. The van der Waals surface area contributed by atoms with Crippen LogP contribution in [0.5, 0.6) is 11.5 Å². The number of carbonyl (C=O) groups excluding carboxylic acids is 3. The molecule has 0 radical (unpaired) electrons. The van der Waals surface area contributed by atoms with Crippen LogP contribution in [-0.4, -0.2) is 60.4 Å². The standard InChI is InChI=1S/C23H26N2O5/c1-18(26)30-21-10-5-7-19(17-21)23(28)25-13-6-12-24(14-15-25)22(27)11-16-29-20-8-3-2-4-9-20/h2-5,7-10,17H,6,11-16H2,1H3. The quantitative estimate of drug-likeness (QED) is 0.541. The van der Waals surface area contributed by atoms with Gasteiger partial charge in [0.15, 0.2) is 0 Å². The minimum atomic E-state index is -0.431. The second kappa shape index (κ2) is 10.4. The Labute approximate surface area is 176 Å². The summed E-state index contributed by atoms with van der Waals surface area (Å²) in [5.41, 5.74) is 0.463. The lowest BCUT2D eigenvalue weighted by Gasteiger charge is -2.22. The Morgan fingerprint density at radius 3 is 2.33 bits per heavy atom. The van der Waals surface area contributed by atoms with E-state index in [1.165, 1.54) is 6.92 Å². The Bertz CT molecular complexity index is 884. The average Bonchev–Trinajstić information content (AvgIpc) is 3.00. The average molecular weight is 410 g/mol. The number of ether oxygens (including phenoxy) is 2. The van der Waals surface area contributed by atoms with E-state index >= 15 is 0 Å². The first-order chi connectivity index (χ1) is 14.5. The second-order valence-electron chi connectivity index (χ2n) is 7.06. The predicted molar refractivity (Wildman–Crippen MR) is 111 cm³/mol. The van der Waals surface area contributed by atoms with Gasteiger partial charge in [0.1, 0.15) is 11.5 Å². The first-order valence-electron chi connectivity index (χ1n) is 10.1. The van der Waals surface area contributed by atoms with E-state index in [0.717, 1.165) is 5.75 Å². The van der Waals surface area contributed by atoms with Gasteiger partial charge in [-0.15, -0.1) is 0 Å². The summed E-state index contributed by atoms with van der Waals surface area (Å²) < 4.78 is 10.7. The highest BCUT2D eigenvalue weighted by Crippen LogP contribution is 2.17. The van der Waals surface area contributed by atoms with Gasteiger partial charge >= 0.3 is 5.97 Å². The highest BCUT2D eigenvalue weighted by atomic mass is 16.5. The summed E-state index contributed by atoms with van der Waals surface area (Å²) in [6, 6.07) is 16.0. The molecular weight excluding hydrogens is 384 g/mol. The largest absolute Gasteiger partial charge is 0.493 e. The number of para-hydroxylation sites is 1. The number of benzene rings is 2. The summed E-state index contributed by atoms with van der Waals surface area (Å²) in [6.07, 6.45) is 1.01. The molecule has 0 unspecified atom stereocenters. The second-order valence-corrected chi connectivity index (χ2v) is 7.06. The van der Waals surface area contributed by atoms with Gasteiger partial charge in [0, 0.05) is 38.7 Å². The molecule has 0 atom stereocenters. The molecule has 2 aromatic carbocycles. The molecule has 158 valence electrons. The van der Waals surface area contributed by atoms with Crippen LogP contribution in [0, 0.1) is 0 Å². The lowest BCUT2D eigenvalue weighted by atomic mass is 10.2. The fourth-order valence-electron chi connectivity index (χ4n) is 3.34. The molecule has 2 amide bonds. The number of rotatable bonds is 6. The van der Waals surface area contributed by atoms with Gasteiger partial charge in [-0.1, -0.05) is 24.3 Å². The van der Waals surface area contributed by atoms with E-state index in [4.69, 9.17) is 9.47 Å². The Morgan fingerprint density at radius 1 is 0.867 bits per heavy atom. The highest BCUT2D eigenvalue weighted by molar-refractivity contribution is 5.94. The number of esters is 1. The molecule has 1 aliphatic heterocycles. The number of hydrogen-bond acceptors (Lipinski definition) is 5. The molecule has 0 N–H and O–H groups in total. The van der Waals surface area contributed by atoms with E-state index in [1.807, 2.05) is 30.3 Å². The predicted octanol–water partition coefficient (Wildman–Crippen LogP) is 2.76. The molecule has 3 rings (SSSR count). The lowest BCUT2D eigenvalue weighted by Crippen LogP contribution is -2.37. The number of carbonyl (C=O) groups is 3. The van der Waals surface area contributed by atoms with Gasteiger partial charge in [-0.05, 0) is 36.8 Å². The Morgan fingerprint density at radius 2 is 1.57 bits per heavy atom. The van der Waals surface area contributed by atoms with Gasteiger partial charge in [-0.25, -0.2) is 0 Å². The lowest BCUT2D eigenvalue weighted by molar-refractivity contribution is -0.132. The van der Waals surface area contributed by atoms with Crippen molar-refractivity contribution in [1.82, 2.24) is 9.80 Å². The third-order valence-corrected chi connectivity index (χ3v) is 4.81. The summed E-state index contributed by atoms with van der Waals surface area (Å²) in [6.45, 7) is 3.77. The summed E-state index contributed by atoms with van der Waals surface area (Å²) in [4.78, 5) is 40.0. The van der Waals surface area contributed by atoms with Crippen molar-refractivity contribution in [2.75, 3.05) is 32.8 Å². The molecule has 1 aliphatic rings. The molecule has 30 heavy (non-hydrogen) atoms. The zero-order valence-electron chi connectivity index (χ0n) is 17.1. The van der Waals surface area contributed by atoms with E-state index in [-0.39, 0.29) is 11.8 Å². The van der Waals surface area contributed by atoms with Gasteiger partial charge in [-0.3, -0.25) is 14.4 Å². The normalized spacial score (nSPS) is 14.0. The van der Waals surface area contributed by atoms with E-state index in [0.29, 0.717) is 56.9 Å². The minimum Gasteiger partial charge on any atom is -0.493 e. The van der Waals surface area contributed by atoms with E-state index in [9.17, 15) is 14.4 Å². The Hall–Kier alpha value is -3.35. The van der Waals surface area contributed by atoms with Crippen LogP contribution >= 0.6 is 0 Å². The smallest absolute Gasteiger partial charge is 0.308 e. The number of hydrogen-bond donors (Lipinski definition) is 0. The van der Waals surface area contributed by atoms with Crippen molar-refractivity contribution in [2.24, 2.45) is 0 Å². The van der Waals surface area contributed by atoms with Crippen molar-refractivity contribution in [3.8, 4) is 11.5 Å². The van der Waals surface area contributed by atoms with E-state index in [2.05, 4.69) is 0 Å². The van der Waals surface area contributed by atoms with Crippen molar-refractivity contribution in [2.45, 2.75) is 19.8 Å². The van der Waals surface area contributed by atoms with Crippen LogP contribution in [-0.2, 0) is 9.59 Å². The Kier molecular flexibility index (Phi) is 7.43.